The van der Waals surface area contributed by atoms with Crippen LogP contribution in [0.15, 0.2) is 16.8 Å². The Kier molecular flexibility index (Phi) is 6.58. The van der Waals surface area contributed by atoms with Crippen LogP contribution in [0.2, 0.25) is 0 Å². The van der Waals surface area contributed by atoms with E-state index < -0.39 is 0 Å². The first-order valence-corrected chi connectivity index (χ1v) is 8.85. The van der Waals surface area contributed by atoms with Gasteiger partial charge < -0.3 is 15.5 Å². The summed E-state index contributed by atoms with van der Waals surface area (Å²) >= 11 is 1.43. The SMILES string of the molecule is C[C@H]1CCCN(C(=O)CCNC(=O)CNC(=O)c2ccsc2)C1. The number of rotatable bonds is 6. The van der Waals surface area contributed by atoms with E-state index in [4.69, 9.17) is 0 Å². The molecule has 0 spiro atoms. The van der Waals surface area contributed by atoms with Gasteiger partial charge in [0.15, 0.2) is 0 Å². The van der Waals surface area contributed by atoms with Gasteiger partial charge >= 0.3 is 0 Å². The molecule has 1 atom stereocenters. The maximum atomic E-state index is 12.1. The molecular weight excluding hydrogens is 314 g/mol. The summed E-state index contributed by atoms with van der Waals surface area (Å²) in [6.45, 7) is 4.00. The maximum absolute atomic E-state index is 12.1. The van der Waals surface area contributed by atoms with Gasteiger partial charge in [-0.15, -0.1) is 0 Å². The average molecular weight is 337 g/mol. The van der Waals surface area contributed by atoms with Gasteiger partial charge in [-0.25, -0.2) is 0 Å². The van der Waals surface area contributed by atoms with Gasteiger partial charge in [0.25, 0.3) is 5.91 Å². The summed E-state index contributed by atoms with van der Waals surface area (Å²) in [4.78, 5) is 37.3. The fourth-order valence-electron chi connectivity index (χ4n) is 2.60. The van der Waals surface area contributed by atoms with Crippen LogP contribution in [0.5, 0.6) is 0 Å². The molecule has 2 rings (SSSR count). The minimum atomic E-state index is -0.284. The molecule has 0 aliphatic carbocycles. The molecule has 1 fully saturated rings. The zero-order valence-electron chi connectivity index (χ0n) is 13.3. The van der Waals surface area contributed by atoms with Crippen LogP contribution >= 0.6 is 11.3 Å². The number of thiophene rings is 1. The molecule has 1 aliphatic heterocycles. The van der Waals surface area contributed by atoms with Gasteiger partial charge in [0, 0.05) is 37.0 Å². The molecule has 1 aliphatic rings. The van der Waals surface area contributed by atoms with Gasteiger partial charge in [0.05, 0.1) is 6.54 Å². The Bertz CT molecular complexity index is 545. The van der Waals surface area contributed by atoms with Crippen LogP contribution in [0.25, 0.3) is 0 Å². The van der Waals surface area contributed by atoms with Crippen molar-refractivity contribution in [3.8, 4) is 0 Å². The summed E-state index contributed by atoms with van der Waals surface area (Å²) < 4.78 is 0. The van der Waals surface area contributed by atoms with Crippen molar-refractivity contribution < 1.29 is 14.4 Å². The van der Waals surface area contributed by atoms with Crippen molar-refractivity contribution in [2.24, 2.45) is 5.92 Å². The first kappa shape index (κ1) is 17.5. The van der Waals surface area contributed by atoms with Gasteiger partial charge in [-0.05, 0) is 30.2 Å². The highest BCUT2D eigenvalue weighted by Gasteiger charge is 2.20. The highest BCUT2D eigenvalue weighted by molar-refractivity contribution is 7.08. The smallest absolute Gasteiger partial charge is 0.252 e. The number of piperidine rings is 1. The number of nitrogens with one attached hydrogen (secondary N) is 2. The Labute approximate surface area is 140 Å². The van der Waals surface area contributed by atoms with E-state index in [0.717, 1.165) is 19.5 Å². The number of likely N-dealkylation sites (tertiary alicyclic amines) is 1. The molecule has 0 aromatic carbocycles. The second-order valence-corrected chi connectivity index (χ2v) is 6.66. The van der Waals surface area contributed by atoms with Crippen molar-refractivity contribution >= 4 is 29.1 Å². The maximum Gasteiger partial charge on any atom is 0.252 e. The van der Waals surface area contributed by atoms with Crippen LogP contribution in [0, 0.1) is 5.92 Å². The first-order chi connectivity index (χ1) is 11.1. The van der Waals surface area contributed by atoms with Gasteiger partial charge in [0.1, 0.15) is 0 Å². The van der Waals surface area contributed by atoms with Crippen molar-refractivity contribution in [1.29, 1.82) is 0 Å². The fraction of sp³-hybridized carbons (Fsp3) is 0.562. The lowest BCUT2D eigenvalue weighted by molar-refractivity contribution is -0.132. The van der Waals surface area contributed by atoms with E-state index in [2.05, 4.69) is 17.6 Å². The van der Waals surface area contributed by atoms with Crippen LogP contribution in [0.4, 0.5) is 0 Å². The Morgan fingerprint density at radius 3 is 2.87 bits per heavy atom. The summed E-state index contributed by atoms with van der Waals surface area (Å²) in [5.74, 6) is 0.0851. The predicted octanol–water partition coefficient (Wildman–Crippen LogP) is 1.24. The summed E-state index contributed by atoms with van der Waals surface area (Å²) in [5.41, 5.74) is 0.553. The number of hydrogen-bond donors (Lipinski definition) is 2. The third-order valence-corrected chi connectivity index (χ3v) is 4.55. The van der Waals surface area contributed by atoms with E-state index in [-0.39, 0.29) is 24.3 Å². The Morgan fingerprint density at radius 1 is 1.35 bits per heavy atom. The molecule has 1 aromatic heterocycles. The Hall–Kier alpha value is -1.89. The highest BCUT2D eigenvalue weighted by atomic mass is 32.1. The molecule has 1 saturated heterocycles. The lowest BCUT2D eigenvalue weighted by atomic mass is 10.00. The van der Waals surface area contributed by atoms with Gasteiger partial charge in [-0.1, -0.05) is 6.92 Å². The molecule has 0 bridgehead atoms. The molecule has 2 N–H and O–H groups in total. The van der Waals surface area contributed by atoms with E-state index in [9.17, 15) is 14.4 Å². The first-order valence-electron chi connectivity index (χ1n) is 7.91. The van der Waals surface area contributed by atoms with Gasteiger partial charge in [-0.2, -0.15) is 11.3 Å². The molecular formula is C16H23N3O3S. The average Bonchev–Trinajstić information content (AvgIpc) is 3.07. The Balaban J connectivity index is 1.61. The standard InChI is InChI=1S/C16H23N3O3S/c1-12-3-2-7-19(10-12)15(21)4-6-17-14(20)9-18-16(22)13-5-8-23-11-13/h5,8,11-12H,2-4,6-7,9-10H2,1H3,(H,17,20)(H,18,22)/t12-/m0/s1. The number of amides is 3. The van der Waals surface area contributed by atoms with E-state index >= 15 is 0 Å². The molecule has 126 valence electrons. The van der Waals surface area contributed by atoms with Crippen LogP contribution in [-0.2, 0) is 9.59 Å². The second-order valence-electron chi connectivity index (χ2n) is 5.88. The Morgan fingerprint density at radius 2 is 2.17 bits per heavy atom. The molecule has 0 radical (unpaired) electrons. The number of carbonyl (C=O) groups excluding carboxylic acids is 3. The van der Waals surface area contributed by atoms with Crippen molar-refractivity contribution in [3.05, 3.63) is 22.4 Å². The normalized spacial score (nSPS) is 17.6. The molecule has 23 heavy (non-hydrogen) atoms. The zero-order valence-corrected chi connectivity index (χ0v) is 14.2. The van der Waals surface area contributed by atoms with Crippen LogP contribution in [0.1, 0.15) is 36.5 Å². The van der Waals surface area contributed by atoms with Crippen molar-refractivity contribution in [2.75, 3.05) is 26.2 Å². The van der Waals surface area contributed by atoms with Crippen molar-refractivity contribution in [1.82, 2.24) is 15.5 Å². The van der Waals surface area contributed by atoms with E-state index in [0.29, 0.717) is 24.4 Å². The lowest BCUT2D eigenvalue weighted by Crippen LogP contribution is -2.42. The minimum Gasteiger partial charge on any atom is -0.354 e. The number of carbonyl (C=O) groups is 3. The second kappa shape index (κ2) is 8.67. The lowest BCUT2D eigenvalue weighted by Gasteiger charge is -2.31. The van der Waals surface area contributed by atoms with Gasteiger partial charge in [0.2, 0.25) is 11.8 Å². The minimum absolute atomic E-state index is 0.0797. The third-order valence-electron chi connectivity index (χ3n) is 3.86. The summed E-state index contributed by atoms with van der Waals surface area (Å²) in [5, 5.41) is 8.75. The van der Waals surface area contributed by atoms with E-state index in [1.807, 2.05) is 10.3 Å². The fourth-order valence-corrected chi connectivity index (χ4v) is 3.24. The topological polar surface area (TPSA) is 78.5 Å². The molecule has 2 heterocycles. The van der Waals surface area contributed by atoms with Gasteiger partial charge in [-0.3, -0.25) is 14.4 Å². The van der Waals surface area contributed by atoms with E-state index in [1.54, 1.807) is 11.4 Å². The highest BCUT2D eigenvalue weighted by Crippen LogP contribution is 2.15. The predicted molar refractivity (Wildman–Crippen MR) is 89.3 cm³/mol. The quantitative estimate of drug-likeness (QED) is 0.820. The summed E-state index contributed by atoms with van der Waals surface area (Å²) in [6.07, 6.45) is 2.52. The van der Waals surface area contributed by atoms with Crippen LogP contribution in [0.3, 0.4) is 0 Å². The van der Waals surface area contributed by atoms with Crippen molar-refractivity contribution in [2.45, 2.75) is 26.2 Å². The van der Waals surface area contributed by atoms with E-state index in [1.165, 1.54) is 17.8 Å². The van der Waals surface area contributed by atoms with Crippen LogP contribution in [-0.4, -0.2) is 48.8 Å². The van der Waals surface area contributed by atoms with Crippen molar-refractivity contribution in [3.63, 3.8) is 0 Å². The third kappa shape index (κ3) is 5.67. The zero-order chi connectivity index (χ0) is 16.7. The molecule has 3 amide bonds. The summed E-state index contributed by atoms with van der Waals surface area (Å²) in [7, 11) is 0. The largest absolute Gasteiger partial charge is 0.354 e. The molecule has 6 nitrogen and oxygen atoms in total. The number of nitrogens with zero attached hydrogens (tertiary/aromatic N) is 1. The monoisotopic (exact) mass is 337 g/mol. The molecule has 7 heteroatoms. The molecule has 0 saturated carbocycles. The number of hydrogen-bond acceptors (Lipinski definition) is 4. The molecule has 0 unspecified atom stereocenters. The summed E-state index contributed by atoms with van der Waals surface area (Å²) in [6, 6.07) is 1.70. The molecule has 1 aromatic rings. The van der Waals surface area contributed by atoms with Crippen LogP contribution < -0.4 is 10.6 Å².